The zero-order valence-electron chi connectivity index (χ0n) is 11.8. The van der Waals surface area contributed by atoms with E-state index in [1.54, 1.807) is 23.9 Å². The SMILES string of the molecule is CCCCCCCCC(O)CSc1ccc(F)cc1. The van der Waals surface area contributed by atoms with Crippen LogP contribution < -0.4 is 0 Å². The molecule has 1 rings (SSSR count). The van der Waals surface area contributed by atoms with Crippen LogP contribution in [0, 0.1) is 5.82 Å². The summed E-state index contributed by atoms with van der Waals surface area (Å²) in [5.74, 6) is 0.484. The molecular formula is C16H25FOS. The maximum absolute atomic E-state index is 12.7. The zero-order chi connectivity index (χ0) is 13.9. The van der Waals surface area contributed by atoms with Crippen molar-refractivity contribution < 1.29 is 9.50 Å². The van der Waals surface area contributed by atoms with Crippen LogP contribution >= 0.6 is 11.8 Å². The number of thioether (sulfide) groups is 1. The molecular weight excluding hydrogens is 259 g/mol. The number of halogens is 1. The first-order chi connectivity index (χ1) is 9.22. The topological polar surface area (TPSA) is 20.2 Å². The molecule has 0 heterocycles. The van der Waals surface area contributed by atoms with E-state index >= 15 is 0 Å². The minimum absolute atomic E-state index is 0.211. The second-order valence-electron chi connectivity index (χ2n) is 4.98. The lowest BCUT2D eigenvalue weighted by Gasteiger charge is -2.10. The molecule has 1 N–H and O–H groups in total. The summed E-state index contributed by atoms with van der Waals surface area (Å²) < 4.78 is 12.7. The summed E-state index contributed by atoms with van der Waals surface area (Å²) in [4.78, 5) is 1.02. The van der Waals surface area contributed by atoms with Gasteiger partial charge in [-0.15, -0.1) is 11.8 Å². The van der Waals surface area contributed by atoms with Crippen LogP contribution in [0.5, 0.6) is 0 Å². The van der Waals surface area contributed by atoms with Gasteiger partial charge in [-0.05, 0) is 30.7 Å². The molecule has 0 amide bonds. The first-order valence-electron chi connectivity index (χ1n) is 7.28. The summed E-state index contributed by atoms with van der Waals surface area (Å²) in [5, 5.41) is 9.87. The van der Waals surface area contributed by atoms with Gasteiger partial charge in [-0.2, -0.15) is 0 Å². The van der Waals surface area contributed by atoms with Crippen LogP contribution in [0.3, 0.4) is 0 Å². The first kappa shape index (κ1) is 16.5. The van der Waals surface area contributed by atoms with Crippen molar-refractivity contribution in [2.24, 2.45) is 0 Å². The Kier molecular flexibility index (Phi) is 8.93. The van der Waals surface area contributed by atoms with Crippen molar-refractivity contribution in [3.05, 3.63) is 30.1 Å². The highest BCUT2D eigenvalue weighted by Crippen LogP contribution is 2.20. The lowest BCUT2D eigenvalue weighted by Crippen LogP contribution is -2.09. The second-order valence-corrected chi connectivity index (χ2v) is 6.07. The molecule has 3 heteroatoms. The molecule has 0 saturated heterocycles. The standard InChI is InChI=1S/C16H25FOS/c1-2-3-4-5-6-7-8-15(18)13-19-16-11-9-14(17)10-12-16/h9-12,15,18H,2-8,13H2,1H3. The van der Waals surface area contributed by atoms with Crippen molar-refractivity contribution in [2.45, 2.75) is 62.9 Å². The van der Waals surface area contributed by atoms with E-state index in [9.17, 15) is 9.50 Å². The molecule has 0 fully saturated rings. The highest BCUT2D eigenvalue weighted by atomic mass is 32.2. The van der Waals surface area contributed by atoms with Crippen LogP contribution in [0.2, 0.25) is 0 Å². The van der Waals surface area contributed by atoms with Gasteiger partial charge in [-0.25, -0.2) is 4.39 Å². The normalized spacial score (nSPS) is 12.6. The average Bonchev–Trinajstić information content (AvgIpc) is 2.42. The van der Waals surface area contributed by atoms with E-state index in [4.69, 9.17) is 0 Å². The van der Waals surface area contributed by atoms with E-state index in [2.05, 4.69) is 6.92 Å². The Labute approximate surface area is 120 Å². The molecule has 108 valence electrons. The smallest absolute Gasteiger partial charge is 0.123 e. The number of hydrogen-bond donors (Lipinski definition) is 1. The number of benzene rings is 1. The molecule has 0 aromatic heterocycles. The van der Waals surface area contributed by atoms with Crippen molar-refractivity contribution in [3.8, 4) is 0 Å². The predicted molar refractivity (Wildman–Crippen MR) is 81.1 cm³/mol. The van der Waals surface area contributed by atoms with Crippen LogP contribution in [0.15, 0.2) is 29.2 Å². The lowest BCUT2D eigenvalue weighted by atomic mass is 10.1. The Bertz CT molecular complexity index is 326. The highest BCUT2D eigenvalue weighted by molar-refractivity contribution is 7.99. The van der Waals surface area contributed by atoms with Crippen molar-refractivity contribution in [3.63, 3.8) is 0 Å². The minimum Gasteiger partial charge on any atom is -0.392 e. The summed E-state index contributed by atoms with van der Waals surface area (Å²) in [6.45, 7) is 2.22. The minimum atomic E-state index is -0.249. The summed E-state index contributed by atoms with van der Waals surface area (Å²) in [7, 11) is 0. The van der Waals surface area contributed by atoms with Crippen molar-refractivity contribution >= 4 is 11.8 Å². The van der Waals surface area contributed by atoms with Gasteiger partial charge in [0.2, 0.25) is 0 Å². The Morgan fingerprint density at radius 1 is 1.05 bits per heavy atom. The van der Waals surface area contributed by atoms with E-state index in [1.165, 1.54) is 44.2 Å². The van der Waals surface area contributed by atoms with Gasteiger partial charge in [0.1, 0.15) is 5.82 Å². The molecule has 1 aromatic carbocycles. The van der Waals surface area contributed by atoms with Crippen LogP contribution in [0.1, 0.15) is 51.9 Å². The Morgan fingerprint density at radius 3 is 2.37 bits per heavy atom. The predicted octanol–water partition coefficient (Wildman–Crippen LogP) is 5.03. The fraction of sp³-hybridized carbons (Fsp3) is 0.625. The number of rotatable bonds is 10. The van der Waals surface area contributed by atoms with E-state index in [-0.39, 0.29) is 11.9 Å². The zero-order valence-corrected chi connectivity index (χ0v) is 12.6. The van der Waals surface area contributed by atoms with E-state index in [1.807, 2.05) is 0 Å². The molecule has 1 nitrogen and oxygen atoms in total. The molecule has 1 atom stereocenters. The quantitative estimate of drug-likeness (QED) is 0.480. The molecule has 0 aliphatic rings. The molecule has 19 heavy (non-hydrogen) atoms. The van der Waals surface area contributed by atoms with Crippen LogP contribution in [0.4, 0.5) is 4.39 Å². The van der Waals surface area contributed by atoms with Gasteiger partial charge in [0.15, 0.2) is 0 Å². The van der Waals surface area contributed by atoms with E-state index in [0.29, 0.717) is 5.75 Å². The van der Waals surface area contributed by atoms with Crippen LogP contribution in [0.25, 0.3) is 0 Å². The largest absolute Gasteiger partial charge is 0.392 e. The molecule has 0 aliphatic heterocycles. The Morgan fingerprint density at radius 2 is 1.68 bits per heavy atom. The summed E-state index contributed by atoms with van der Waals surface area (Å²) >= 11 is 1.59. The van der Waals surface area contributed by atoms with Crippen LogP contribution in [-0.2, 0) is 0 Å². The third kappa shape index (κ3) is 8.27. The number of aliphatic hydroxyl groups is 1. The summed E-state index contributed by atoms with van der Waals surface area (Å²) in [6.07, 6.45) is 8.15. The van der Waals surface area contributed by atoms with Gasteiger partial charge in [0, 0.05) is 10.6 Å². The van der Waals surface area contributed by atoms with Gasteiger partial charge < -0.3 is 5.11 Å². The van der Waals surface area contributed by atoms with Crippen molar-refractivity contribution in [1.29, 1.82) is 0 Å². The molecule has 1 aromatic rings. The average molecular weight is 284 g/mol. The number of hydrogen-bond acceptors (Lipinski definition) is 2. The van der Waals surface area contributed by atoms with Crippen LogP contribution in [-0.4, -0.2) is 17.0 Å². The fourth-order valence-corrected chi connectivity index (χ4v) is 2.85. The summed E-state index contributed by atoms with van der Waals surface area (Å²) in [5.41, 5.74) is 0. The second kappa shape index (κ2) is 10.3. The van der Waals surface area contributed by atoms with E-state index < -0.39 is 0 Å². The fourth-order valence-electron chi connectivity index (χ4n) is 1.97. The number of aliphatic hydroxyl groups excluding tert-OH is 1. The molecule has 0 saturated carbocycles. The maximum atomic E-state index is 12.7. The summed E-state index contributed by atoms with van der Waals surface area (Å²) in [6, 6.07) is 6.44. The first-order valence-corrected chi connectivity index (χ1v) is 8.27. The molecule has 1 unspecified atom stereocenters. The van der Waals surface area contributed by atoms with Gasteiger partial charge in [-0.1, -0.05) is 45.4 Å². The van der Waals surface area contributed by atoms with Gasteiger partial charge in [-0.3, -0.25) is 0 Å². The molecule has 0 spiro atoms. The Hall–Kier alpha value is -0.540. The van der Waals surface area contributed by atoms with Crippen molar-refractivity contribution in [2.75, 3.05) is 5.75 Å². The third-order valence-corrected chi connectivity index (χ3v) is 4.30. The number of unbranched alkanes of at least 4 members (excludes halogenated alkanes) is 5. The Balaban J connectivity index is 2.04. The molecule has 0 radical (unpaired) electrons. The molecule has 0 aliphatic carbocycles. The molecule has 0 bridgehead atoms. The maximum Gasteiger partial charge on any atom is 0.123 e. The van der Waals surface area contributed by atoms with Gasteiger partial charge >= 0.3 is 0 Å². The van der Waals surface area contributed by atoms with E-state index in [0.717, 1.165) is 17.7 Å². The van der Waals surface area contributed by atoms with Gasteiger partial charge in [0.05, 0.1) is 6.10 Å². The highest BCUT2D eigenvalue weighted by Gasteiger charge is 2.05. The third-order valence-electron chi connectivity index (χ3n) is 3.15. The lowest BCUT2D eigenvalue weighted by molar-refractivity contribution is 0.185. The van der Waals surface area contributed by atoms with Gasteiger partial charge in [0.25, 0.3) is 0 Å². The monoisotopic (exact) mass is 284 g/mol. The van der Waals surface area contributed by atoms with Crippen molar-refractivity contribution in [1.82, 2.24) is 0 Å².